The Kier molecular flexibility index (Phi) is 4.39. The lowest BCUT2D eigenvalue weighted by atomic mass is 10.0. The molecule has 4 rings (SSSR count). The van der Waals surface area contributed by atoms with Crippen LogP contribution in [0.25, 0.3) is 0 Å². The predicted molar refractivity (Wildman–Crippen MR) is 90.6 cm³/mol. The number of amides is 1. The summed E-state index contributed by atoms with van der Waals surface area (Å²) in [5.74, 6) is -0.129. The van der Waals surface area contributed by atoms with E-state index >= 15 is 0 Å². The molecular weight excluding hydrogens is 312 g/mol. The van der Waals surface area contributed by atoms with Gasteiger partial charge in [0.1, 0.15) is 0 Å². The Hall–Kier alpha value is -1.88. The molecule has 1 aliphatic carbocycles. The molecule has 2 aromatic rings. The van der Waals surface area contributed by atoms with E-state index in [1.165, 1.54) is 11.1 Å². The van der Waals surface area contributed by atoms with E-state index in [1.54, 1.807) is 0 Å². The lowest BCUT2D eigenvalue weighted by Crippen LogP contribution is -2.33. The fraction of sp³-hybridized carbons (Fsp3) is 0.278. The van der Waals surface area contributed by atoms with Crippen LogP contribution < -0.4 is 10.6 Å². The van der Waals surface area contributed by atoms with Crippen molar-refractivity contribution in [2.24, 2.45) is 0 Å². The summed E-state index contributed by atoms with van der Waals surface area (Å²) in [6.45, 7) is 1.68. The van der Waals surface area contributed by atoms with Gasteiger partial charge in [-0.2, -0.15) is 0 Å². The first-order chi connectivity index (χ1) is 10.7. The van der Waals surface area contributed by atoms with E-state index in [0.29, 0.717) is 12.0 Å². The summed E-state index contributed by atoms with van der Waals surface area (Å²) in [5, 5.41) is 16.5. The smallest absolute Gasteiger partial charge is 0.251 e. The molecule has 2 aliphatic rings. The zero-order valence-corrected chi connectivity index (χ0v) is 13.4. The number of carbonyl (C=O) groups is 1. The van der Waals surface area contributed by atoms with Crippen molar-refractivity contribution in [2.45, 2.75) is 31.7 Å². The van der Waals surface area contributed by atoms with Crippen LogP contribution in [0, 0.1) is 0 Å². The largest absolute Gasteiger partial charge is 0.390 e. The third-order valence-corrected chi connectivity index (χ3v) is 4.59. The third-order valence-electron chi connectivity index (χ3n) is 4.59. The molecule has 0 saturated heterocycles. The molecule has 0 saturated carbocycles. The van der Waals surface area contributed by atoms with Crippen LogP contribution in [0.4, 0.5) is 0 Å². The second kappa shape index (κ2) is 6.32. The lowest BCUT2D eigenvalue weighted by Gasteiger charge is -2.18. The third kappa shape index (κ3) is 2.85. The standard InChI is InChI=1S/C18H18N2O2.ClH/c21-16-8-11-3-1-2-4-15(11)17(16)20-18(22)12-5-6-13-9-19-10-14(13)7-12;/h1-7,16-17,19,21H,8-10H2,(H,20,22);1H/t16-,17+;/m0./s1. The lowest BCUT2D eigenvalue weighted by molar-refractivity contribution is 0.0858. The fourth-order valence-corrected chi connectivity index (χ4v) is 3.41. The molecule has 3 N–H and O–H groups in total. The van der Waals surface area contributed by atoms with Crippen molar-refractivity contribution in [3.05, 3.63) is 70.3 Å². The van der Waals surface area contributed by atoms with Crippen molar-refractivity contribution in [1.82, 2.24) is 10.6 Å². The maximum absolute atomic E-state index is 12.5. The topological polar surface area (TPSA) is 61.4 Å². The van der Waals surface area contributed by atoms with E-state index in [0.717, 1.165) is 24.2 Å². The van der Waals surface area contributed by atoms with Gasteiger partial charge < -0.3 is 15.7 Å². The second-order valence-corrected chi connectivity index (χ2v) is 6.01. The number of halogens is 1. The molecule has 2 aromatic carbocycles. The summed E-state index contributed by atoms with van der Waals surface area (Å²) in [4.78, 5) is 12.5. The number of hydrogen-bond donors (Lipinski definition) is 3. The molecule has 1 heterocycles. The number of nitrogens with one attached hydrogen (secondary N) is 2. The number of rotatable bonds is 2. The minimum Gasteiger partial charge on any atom is -0.390 e. The molecule has 4 nitrogen and oxygen atoms in total. The summed E-state index contributed by atoms with van der Waals surface area (Å²) in [7, 11) is 0. The van der Waals surface area contributed by atoms with Crippen LogP contribution in [0.2, 0.25) is 0 Å². The molecule has 0 spiro atoms. The zero-order chi connectivity index (χ0) is 15.1. The first-order valence-corrected chi connectivity index (χ1v) is 7.61. The average molecular weight is 331 g/mol. The molecule has 0 aromatic heterocycles. The van der Waals surface area contributed by atoms with Crippen molar-refractivity contribution < 1.29 is 9.90 Å². The highest BCUT2D eigenvalue weighted by Gasteiger charge is 2.32. The number of hydrogen-bond acceptors (Lipinski definition) is 3. The van der Waals surface area contributed by atoms with E-state index in [9.17, 15) is 9.90 Å². The van der Waals surface area contributed by atoms with Gasteiger partial charge in [-0.25, -0.2) is 0 Å². The van der Waals surface area contributed by atoms with Crippen LogP contribution >= 0.6 is 12.4 Å². The first-order valence-electron chi connectivity index (χ1n) is 7.61. The zero-order valence-electron chi connectivity index (χ0n) is 12.6. The van der Waals surface area contributed by atoms with Gasteiger partial charge in [-0.05, 0) is 34.4 Å². The van der Waals surface area contributed by atoms with E-state index in [4.69, 9.17) is 0 Å². The number of aliphatic hydroxyl groups is 1. The van der Waals surface area contributed by atoms with Gasteiger partial charge in [0.25, 0.3) is 5.91 Å². The van der Waals surface area contributed by atoms with Crippen LogP contribution in [-0.4, -0.2) is 17.1 Å². The summed E-state index contributed by atoms with van der Waals surface area (Å²) in [6, 6.07) is 13.4. The van der Waals surface area contributed by atoms with Gasteiger partial charge >= 0.3 is 0 Å². The molecule has 5 heteroatoms. The van der Waals surface area contributed by atoms with Crippen molar-refractivity contribution in [1.29, 1.82) is 0 Å². The summed E-state index contributed by atoms with van der Waals surface area (Å²) in [5.41, 5.74) is 5.21. The van der Waals surface area contributed by atoms with Gasteiger partial charge in [-0.15, -0.1) is 12.4 Å². The molecule has 0 unspecified atom stereocenters. The maximum Gasteiger partial charge on any atom is 0.251 e. The number of benzene rings is 2. The van der Waals surface area contributed by atoms with Crippen molar-refractivity contribution in [3.63, 3.8) is 0 Å². The highest BCUT2D eigenvalue weighted by Crippen LogP contribution is 2.31. The van der Waals surface area contributed by atoms with Crippen LogP contribution in [-0.2, 0) is 19.5 Å². The first kappa shape index (κ1) is 16.0. The Morgan fingerprint density at radius 2 is 1.87 bits per heavy atom. The number of fused-ring (bicyclic) bond motifs is 2. The Bertz CT molecular complexity index is 748. The minimum atomic E-state index is -0.558. The molecule has 0 bridgehead atoms. The monoisotopic (exact) mass is 330 g/mol. The van der Waals surface area contributed by atoms with E-state index < -0.39 is 6.10 Å². The van der Waals surface area contributed by atoms with Crippen molar-refractivity contribution >= 4 is 18.3 Å². The van der Waals surface area contributed by atoms with Crippen LogP contribution in [0.15, 0.2) is 42.5 Å². The van der Waals surface area contributed by atoms with E-state index in [2.05, 4.69) is 10.6 Å². The molecular formula is C18H19ClN2O2. The molecule has 2 atom stereocenters. The Balaban J connectivity index is 0.00000156. The van der Waals surface area contributed by atoms with Crippen LogP contribution in [0.5, 0.6) is 0 Å². The Morgan fingerprint density at radius 1 is 1.09 bits per heavy atom. The maximum atomic E-state index is 12.5. The summed E-state index contributed by atoms with van der Waals surface area (Å²) < 4.78 is 0. The van der Waals surface area contributed by atoms with Crippen LogP contribution in [0.1, 0.15) is 38.7 Å². The van der Waals surface area contributed by atoms with Crippen molar-refractivity contribution in [3.8, 4) is 0 Å². The van der Waals surface area contributed by atoms with Gasteiger partial charge in [0.2, 0.25) is 0 Å². The van der Waals surface area contributed by atoms with Gasteiger partial charge in [-0.1, -0.05) is 30.3 Å². The number of carbonyl (C=O) groups excluding carboxylic acids is 1. The Labute approximate surface area is 141 Å². The summed E-state index contributed by atoms with van der Waals surface area (Å²) >= 11 is 0. The van der Waals surface area contributed by atoms with E-state index in [1.807, 2.05) is 42.5 Å². The number of aliphatic hydroxyl groups excluding tert-OH is 1. The minimum absolute atomic E-state index is 0. The fourth-order valence-electron chi connectivity index (χ4n) is 3.41. The van der Waals surface area contributed by atoms with Gasteiger partial charge in [0, 0.05) is 25.1 Å². The molecule has 23 heavy (non-hydrogen) atoms. The molecule has 0 radical (unpaired) electrons. The van der Waals surface area contributed by atoms with E-state index in [-0.39, 0.29) is 24.4 Å². The normalized spacial score (nSPS) is 21.3. The van der Waals surface area contributed by atoms with Gasteiger partial charge in [0.15, 0.2) is 0 Å². The van der Waals surface area contributed by atoms with Gasteiger partial charge in [0.05, 0.1) is 12.1 Å². The molecule has 120 valence electrons. The average Bonchev–Trinajstić information content (AvgIpc) is 3.11. The predicted octanol–water partition coefficient (Wildman–Crippen LogP) is 2.10. The Morgan fingerprint density at radius 3 is 2.74 bits per heavy atom. The SMILES string of the molecule is Cl.O=C(N[C@@H]1c2ccccc2C[C@@H]1O)c1ccc2c(c1)CNC2. The van der Waals surface area contributed by atoms with Gasteiger partial charge in [-0.3, -0.25) is 4.79 Å². The highest BCUT2D eigenvalue weighted by atomic mass is 35.5. The molecule has 1 aliphatic heterocycles. The second-order valence-electron chi connectivity index (χ2n) is 6.01. The quantitative estimate of drug-likeness (QED) is 0.790. The summed E-state index contributed by atoms with van der Waals surface area (Å²) in [6.07, 6.45) is 0.0346. The highest BCUT2D eigenvalue weighted by molar-refractivity contribution is 5.95. The molecule has 0 fully saturated rings. The van der Waals surface area contributed by atoms with Crippen LogP contribution in [0.3, 0.4) is 0 Å². The van der Waals surface area contributed by atoms with Crippen molar-refractivity contribution in [2.75, 3.05) is 0 Å². The molecule has 1 amide bonds.